The van der Waals surface area contributed by atoms with Crippen molar-refractivity contribution in [3.8, 4) is 5.75 Å². The van der Waals surface area contributed by atoms with Gasteiger partial charge in [-0.05, 0) is 37.6 Å². The summed E-state index contributed by atoms with van der Waals surface area (Å²) in [6.07, 6.45) is 2.57. The van der Waals surface area contributed by atoms with Crippen LogP contribution in [-0.2, 0) is 6.42 Å². The van der Waals surface area contributed by atoms with E-state index < -0.39 is 0 Å². The van der Waals surface area contributed by atoms with E-state index in [1.165, 1.54) is 5.56 Å². The van der Waals surface area contributed by atoms with Gasteiger partial charge < -0.3 is 14.5 Å². The summed E-state index contributed by atoms with van der Waals surface area (Å²) in [5, 5.41) is 3.48. The molecule has 0 saturated heterocycles. The van der Waals surface area contributed by atoms with Crippen molar-refractivity contribution in [1.82, 2.24) is 0 Å². The zero-order chi connectivity index (χ0) is 13.0. The number of aryl methyl sites for hydroxylation is 1. The molecule has 3 nitrogen and oxygen atoms in total. The molecule has 1 aromatic carbocycles. The first-order valence-corrected chi connectivity index (χ1v) is 6.12. The molecule has 96 valence electrons. The second-order valence-corrected chi connectivity index (χ2v) is 4.51. The predicted molar refractivity (Wildman–Crippen MR) is 73.2 cm³/mol. The number of hydrogen-bond donors (Lipinski definition) is 1. The van der Waals surface area contributed by atoms with Crippen LogP contribution in [0.4, 0.5) is 5.69 Å². The van der Waals surface area contributed by atoms with Gasteiger partial charge in [-0.15, -0.1) is 0 Å². The molecule has 1 N–H and O–H groups in total. The zero-order valence-electron chi connectivity index (χ0n) is 11.1. The van der Waals surface area contributed by atoms with Crippen LogP contribution in [0.1, 0.15) is 18.2 Å². The largest absolute Gasteiger partial charge is 0.497 e. The Labute approximate surface area is 108 Å². The first kappa shape index (κ1) is 12.6. The second-order valence-electron chi connectivity index (χ2n) is 4.51. The topological polar surface area (TPSA) is 34.4 Å². The van der Waals surface area contributed by atoms with Gasteiger partial charge in [0.25, 0.3) is 0 Å². The molecule has 18 heavy (non-hydrogen) atoms. The number of furan rings is 1. The van der Waals surface area contributed by atoms with Gasteiger partial charge in [-0.1, -0.05) is 6.07 Å². The maximum absolute atomic E-state index is 5.35. The molecule has 0 saturated carbocycles. The summed E-state index contributed by atoms with van der Waals surface area (Å²) >= 11 is 0. The molecule has 3 heteroatoms. The van der Waals surface area contributed by atoms with E-state index in [0.29, 0.717) is 6.04 Å². The van der Waals surface area contributed by atoms with Crippen molar-refractivity contribution >= 4 is 5.69 Å². The molecule has 1 unspecified atom stereocenters. The predicted octanol–water partition coefficient (Wildman–Crippen LogP) is 3.64. The fourth-order valence-corrected chi connectivity index (χ4v) is 1.93. The van der Waals surface area contributed by atoms with E-state index in [1.807, 2.05) is 24.3 Å². The average molecular weight is 245 g/mol. The second kappa shape index (κ2) is 5.63. The van der Waals surface area contributed by atoms with Gasteiger partial charge in [0.1, 0.15) is 11.5 Å². The molecule has 0 radical (unpaired) electrons. The molecule has 0 amide bonds. The molecule has 1 aromatic heterocycles. The highest BCUT2D eigenvalue weighted by atomic mass is 16.5. The lowest BCUT2D eigenvalue weighted by Crippen LogP contribution is -2.18. The Hall–Kier alpha value is -1.90. The van der Waals surface area contributed by atoms with Crippen molar-refractivity contribution in [2.24, 2.45) is 0 Å². The molecule has 0 fully saturated rings. The monoisotopic (exact) mass is 245 g/mol. The van der Waals surface area contributed by atoms with Crippen LogP contribution in [0, 0.1) is 6.92 Å². The summed E-state index contributed by atoms with van der Waals surface area (Å²) in [5.74, 6) is 1.86. The summed E-state index contributed by atoms with van der Waals surface area (Å²) in [4.78, 5) is 0. The lowest BCUT2D eigenvalue weighted by atomic mass is 10.1. The molecule has 0 spiro atoms. The first-order chi connectivity index (χ1) is 8.69. The van der Waals surface area contributed by atoms with Crippen LogP contribution in [0.3, 0.4) is 0 Å². The van der Waals surface area contributed by atoms with E-state index >= 15 is 0 Å². The van der Waals surface area contributed by atoms with E-state index in [9.17, 15) is 0 Å². The number of anilines is 1. The van der Waals surface area contributed by atoms with Crippen LogP contribution >= 0.6 is 0 Å². The van der Waals surface area contributed by atoms with E-state index in [4.69, 9.17) is 9.15 Å². The van der Waals surface area contributed by atoms with Crippen LogP contribution < -0.4 is 10.1 Å². The van der Waals surface area contributed by atoms with Gasteiger partial charge in [0.15, 0.2) is 0 Å². The van der Waals surface area contributed by atoms with E-state index in [-0.39, 0.29) is 0 Å². The molecule has 0 aliphatic rings. The SMILES string of the molecule is COc1ccc(C)c(NC(C)Cc2ccco2)c1. The Kier molecular flexibility index (Phi) is 3.92. The van der Waals surface area contributed by atoms with Crippen molar-refractivity contribution in [2.45, 2.75) is 26.3 Å². The van der Waals surface area contributed by atoms with Crippen molar-refractivity contribution in [2.75, 3.05) is 12.4 Å². The molecule has 1 atom stereocenters. The lowest BCUT2D eigenvalue weighted by Gasteiger charge is -2.16. The molecule has 0 aliphatic carbocycles. The number of hydrogen-bond acceptors (Lipinski definition) is 3. The third kappa shape index (κ3) is 3.06. The standard InChI is InChI=1S/C15H19NO2/c1-11-6-7-13(17-3)10-15(11)16-12(2)9-14-5-4-8-18-14/h4-8,10,12,16H,9H2,1-3H3. The first-order valence-electron chi connectivity index (χ1n) is 6.12. The van der Waals surface area contributed by atoms with Crippen LogP contribution in [0.15, 0.2) is 41.0 Å². The quantitative estimate of drug-likeness (QED) is 0.873. The van der Waals surface area contributed by atoms with Crippen LogP contribution in [0.5, 0.6) is 5.75 Å². The fraction of sp³-hybridized carbons (Fsp3) is 0.333. The molecule has 1 heterocycles. The van der Waals surface area contributed by atoms with Crippen molar-refractivity contribution < 1.29 is 9.15 Å². The van der Waals surface area contributed by atoms with Gasteiger partial charge in [0.05, 0.1) is 13.4 Å². The van der Waals surface area contributed by atoms with Gasteiger partial charge in [-0.3, -0.25) is 0 Å². The van der Waals surface area contributed by atoms with E-state index in [0.717, 1.165) is 23.6 Å². The maximum Gasteiger partial charge on any atom is 0.120 e. The summed E-state index contributed by atoms with van der Waals surface area (Å²) in [6.45, 7) is 4.23. The van der Waals surface area contributed by atoms with Crippen molar-refractivity contribution in [1.29, 1.82) is 0 Å². The Morgan fingerprint density at radius 2 is 2.17 bits per heavy atom. The van der Waals surface area contributed by atoms with Gasteiger partial charge in [0, 0.05) is 24.2 Å². The highest BCUT2D eigenvalue weighted by molar-refractivity contribution is 5.55. The zero-order valence-corrected chi connectivity index (χ0v) is 11.1. The Morgan fingerprint density at radius 1 is 1.33 bits per heavy atom. The number of ether oxygens (including phenoxy) is 1. The lowest BCUT2D eigenvalue weighted by molar-refractivity contribution is 0.415. The molecular weight excluding hydrogens is 226 g/mol. The summed E-state index contributed by atoms with van der Waals surface area (Å²) in [6, 6.07) is 10.3. The van der Waals surface area contributed by atoms with Gasteiger partial charge in [0.2, 0.25) is 0 Å². The highest BCUT2D eigenvalue weighted by Crippen LogP contribution is 2.22. The maximum atomic E-state index is 5.35. The molecule has 2 aromatic rings. The number of benzene rings is 1. The van der Waals surface area contributed by atoms with E-state index in [1.54, 1.807) is 13.4 Å². The smallest absolute Gasteiger partial charge is 0.120 e. The third-order valence-electron chi connectivity index (χ3n) is 2.93. The van der Waals surface area contributed by atoms with E-state index in [2.05, 4.69) is 25.2 Å². The Balaban J connectivity index is 2.04. The highest BCUT2D eigenvalue weighted by Gasteiger charge is 2.08. The van der Waals surface area contributed by atoms with Gasteiger partial charge in [-0.2, -0.15) is 0 Å². The Bertz CT molecular complexity index is 491. The minimum absolute atomic E-state index is 0.307. The molecule has 0 bridgehead atoms. The third-order valence-corrected chi connectivity index (χ3v) is 2.93. The van der Waals surface area contributed by atoms with Crippen LogP contribution in [0.25, 0.3) is 0 Å². The summed E-state index contributed by atoms with van der Waals surface area (Å²) in [7, 11) is 1.68. The number of rotatable bonds is 5. The molecule has 0 aliphatic heterocycles. The van der Waals surface area contributed by atoms with Gasteiger partial charge >= 0.3 is 0 Å². The van der Waals surface area contributed by atoms with Crippen molar-refractivity contribution in [3.05, 3.63) is 47.9 Å². The normalized spacial score (nSPS) is 12.2. The summed E-state index contributed by atoms with van der Waals surface area (Å²) < 4.78 is 10.6. The van der Waals surface area contributed by atoms with Crippen LogP contribution in [-0.4, -0.2) is 13.2 Å². The fourth-order valence-electron chi connectivity index (χ4n) is 1.93. The summed E-state index contributed by atoms with van der Waals surface area (Å²) in [5.41, 5.74) is 2.32. The van der Waals surface area contributed by atoms with Gasteiger partial charge in [-0.25, -0.2) is 0 Å². The molecular formula is C15H19NO2. The molecule has 2 rings (SSSR count). The minimum atomic E-state index is 0.307. The van der Waals surface area contributed by atoms with Crippen LogP contribution in [0.2, 0.25) is 0 Å². The number of methoxy groups -OCH3 is 1. The van der Waals surface area contributed by atoms with Crippen molar-refractivity contribution in [3.63, 3.8) is 0 Å². The number of nitrogens with one attached hydrogen (secondary N) is 1. The Morgan fingerprint density at radius 3 is 2.83 bits per heavy atom. The average Bonchev–Trinajstić information content (AvgIpc) is 2.84. The minimum Gasteiger partial charge on any atom is -0.497 e.